The van der Waals surface area contributed by atoms with Crippen LogP contribution >= 0.6 is 0 Å². The van der Waals surface area contributed by atoms with Crippen LogP contribution in [0.5, 0.6) is 0 Å². The molecule has 1 aliphatic rings. The van der Waals surface area contributed by atoms with E-state index < -0.39 is 71.2 Å². The lowest BCUT2D eigenvalue weighted by Gasteiger charge is -2.40. The van der Waals surface area contributed by atoms with Crippen LogP contribution in [0.15, 0.2) is 0 Å². The molecule has 6 unspecified atom stereocenters. The Morgan fingerprint density at radius 1 is 0.435 bits per heavy atom. The second-order valence-electron chi connectivity index (χ2n) is 20.7. The molecule has 6 atom stereocenters. The SMILES string of the molecule is CCCCCCCCCCCCCCCCCCCCCCCCC(=O)OC(COC(=O)CCCCCCCCCCCCCCCCCCCCC)COC1OC(CS(=O)(=O)O)C(O)C(O)C1O. The molecule has 0 aliphatic carbocycles. The summed E-state index contributed by atoms with van der Waals surface area (Å²) in [6.07, 6.45) is 42.9. The van der Waals surface area contributed by atoms with E-state index in [0.717, 1.165) is 38.5 Å². The van der Waals surface area contributed by atoms with Gasteiger partial charge in [-0.25, -0.2) is 0 Å². The molecule has 0 spiro atoms. The Kier molecular flexibility index (Phi) is 44.2. The second-order valence-corrected chi connectivity index (χ2v) is 22.2. The lowest BCUT2D eigenvalue weighted by atomic mass is 10.00. The molecule has 1 fully saturated rings. The molecule has 1 aliphatic heterocycles. The van der Waals surface area contributed by atoms with Crippen molar-refractivity contribution < 1.29 is 56.8 Å². The Labute approximate surface area is 423 Å². The molecule has 0 saturated carbocycles. The molecule has 1 rings (SSSR count). The highest BCUT2D eigenvalue weighted by atomic mass is 32.2. The molecule has 0 aromatic rings. The van der Waals surface area contributed by atoms with Crippen LogP contribution in [0.3, 0.4) is 0 Å². The summed E-state index contributed by atoms with van der Waals surface area (Å²) in [7, 11) is -4.60. The van der Waals surface area contributed by atoms with Crippen molar-refractivity contribution in [2.75, 3.05) is 19.0 Å². The summed E-state index contributed by atoms with van der Waals surface area (Å²) in [6, 6.07) is 0. The monoisotopic (exact) mass is 1000 g/mol. The van der Waals surface area contributed by atoms with Crippen LogP contribution in [-0.4, -0.2) is 96.0 Å². The largest absolute Gasteiger partial charge is 0.462 e. The van der Waals surface area contributed by atoms with Gasteiger partial charge in [0.05, 0.1) is 6.61 Å². The first kappa shape index (κ1) is 65.7. The molecule has 0 aromatic carbocycles. The molecular formula is C56H108O12S. The van der Waals surface area contributed by atoms with Gasteiger partial charge in [-0.05, 0) is 12.8 Å². The number of ether oxygens (including phenoxy) is 4. The van der Waals surface area contributed by atoms with Crippen molar-refractivity contribution >= 4 is 22.1 Å². The summed E-state index contributed by atoms with van der Waals surface area (Å²) in [5.74, 6) is -1.95. The number of rotatable bonds is 51. The van der Waals surface area contributed by atoms with E-state index in [4.69, 9.17) is 18.9 Å². The molecule has 0 radical (unpaired) electrons. The highest BCUT2D eigenvalue weighted by molar-refractivity contribution is 7.85. The van der Waals surface area contributed by atoms with E-state index in [1.54, 1.807) is 0 Å². The summed E-state index contributed by atoms with van der Waals surface area (Å²) in [4.78, 5) is 25.6. The third-order valence-electron chi connectivity index (χ3n) is 13.9. The van der Waals surface area contributed by atoms with Gasteiger partial charge >= 0.3 is 11.9 Å². The van der Waals surface area contributed by atoms with E-state index in [2.05, 4.69) is 13.8 Å². The molecule has 0 aromatic heterocycles. The van der Waals surface area contributed by atoms with E-state index in [0.29, 0.717) is 12.8 Å². The lowest BCUT2D eigenvalue weighted by molar-refractivity contribution is -0.297. The average molecular weight is 1010 g/mol. The number of aliphatic hydroxyl groups is 3. The molecule has 1 heterocycles. The Morgan fingerprint density at radius 2 is 0.739 bits per heavy atom. The topological polar surface area (TPSA) is 186 Å². The predicted octanol–water partition coefficient (Wildman–Crippen LogP) is 14.0. The molecule has 0 bridgehead atoms. The molecule has 12 nitrogen and oxygen atoms in total. The number of unbranched alkanes of at least 4 members (excludes halogenated alkanes) is 39. The van der Waals surface area contributed by atoms with Crippen molar-refractivity contribution in [1.82, 2.24) is 0 Å². The molecule has 69 heavy (non-hydrogen) atoms. The molecule has 0 amide bonds. The maximum absolute atomic E-state index is 12.9. The maximum Gasteiger partial charge on any atom is 0.306 e. The Morgan fingerprint density at radius 3 is 1.06 bits per heavy atom. The molecule has 4 N–H and O–H groups in total. The first-order valence-electron chi connectivity index (χ1n) is 29.1. The highest BCUT2D eigenvalue weighted by Crippen LogP contribution is 2.24. The number of hydrogen-bond donors (Lipinski definition) is 4. The maximum atomic E-state index is 12.9. The zero-order valence-electron chi connectivity index (χ0n) is 44.5. The van der Waals surface area contributed by atoms with Crippen molar-refractivity contribution in [3.63, 3.8) is 0 Å². The zero-order valence-corrected chi connectivity index (χ0v) is 45.3. The van der Waals surface area contributed by atoms with Gasteiger partial charge in [0.15, 0.2) is 12.4 Å². The van der Waals surface area contributed by atoms with Gasteiger partial charge in [0, 0.05) is 12.8 Å². The summed E-state index contributed by atoms with van der Waals surface area (Å²) in [5.41, 5.74) is 0. The zero-order chi connectivity index (χ0) is 50.5. The molecular weight excluding hydrogens is 897 g/mol. The fourth-order valence-electron chi connectivity index (χ4n) is 9.45. The van der Waals surface area contributed by atoms with Gasteiger partial charge in [0.1, 0.15) is 36.8 Å². The van der Waals surface area contributed by atoms with Crippen molar-refractivity contribution in [2.24, 2.45) is 0 Å². The minimum atomic E-state index is -4.60. The average Bonchev–Trinajstić information content (AvgIpc) is 3.32. The Balaban J connectivity index is 2.29. The van der Waals surface area contributed by atoms with E-state index >= 15 is 0 Å². The summed E-state index contributed by atoms with van der Waals surface area (Å²) >= 11 is 0. The summed E-state index contributed by atoms with van der Waals surface area (Å²) < 4.78 is 54.4. The van der Waals surface area contributed by atoms with Crippen LogP contribution in [0, 0.1) is 0 Å². The van der Waals surface area contributed by atoms with E-state index in [1.807, 2.05) is 0 Å². The number of hydrogen-bond acceptors (Lipinski definition) is 11. The van der Waals surface area contributed by atoms with Gasteiger partial charge in [-0.2, -0.15) is 8.42 Å². The number of esters is 2. The number of aliphatic hydroxyl groups excluding tert-OH is 3. The standard InChI is InChI=1S/C56H108O12S/c1-3-5-7-9-11-13-15-17-19-21-23-24-25-27-29-31-33-35-37-39-41-43-45-52(58)67-49(47-66-56-55(61)54(60)53(59)50(68-56)48-69(62,63)64)46-65-51(57)44-42-40-38-36-34-32-30-28-26-22-20-18-16-14-12-10-8-6-4-2/h49-50,53-56,59-61H,3-48H2,1-2H3,(H,62,63,64). The van der Waals surface area contributed by atoms with Crippen molar-refractivity contribution in [3.05, 3.63) is 0 Å². The molecule has 410 valence electrons. The van der Waals surface area contributed by atoms with E-state index in [9.17, 15) is 37.9 Å². The first-order valence-corrected chi connectivity index (χ1v) is 30.7. The lowest BCUT2D eigenvalue weighted by Crippen LogP contribution is -2.60. The quantitative estimate of drug-likeness (QED) is 0.0257. The molecule has 13 heteroatoms. The Hall–Kier alpha value is -1.35. The number of carbonyl (C=O) groups excluding carboxylic acids is 2. The third kappa shape index (κ3) is 40.8. The van der Waals surface area contributed by atoms with Crippen LogP contribution < -0.4 is 0 Å². The van der Waals surface area contributed by atoms with Crippen LogP contribution in [0.4, 0.5) is 0 Å². The van der Waals surface area contributed by atoms with Gasteiger partial charge in [-0.3, -0.25) is 14.1 Å². The first-order chi connectivity index (χ1) is 33.5. The summed E-state index contributed by atoms with van der Waals surface area (Å²) in [6.45, 7) is 3.84. The minimum Gasteiger partial charge on any atom is -0.462 e. The molecule has 1 saturated heterocycles. The van der Waals surface area contributed by atoms with Gasteiger partial charge in [-0.15, -0.1) is 0 Å². The van der Waals surface area contributed by atoms with Gasteiger partial charge in [-0.1, -0.05) is 264 Å². The fourth-order valence-corrected chi connectivity index (χ4v) is 10.1. The smallest absolute Gasteiger partial charge is 0.306 e. The summed E-state index contributed by atoms with van der Waals surface area (Å²) in [5, 5.41) is 31.1. The highest BCUT2D eigenvalue weighted by Gasteiger charge is 2.46. The predicted molar refractivity (Wildman–Crippen MR) is 280 cm³/mol. The van der Waals surface area contributed by atoms with E-state index in [-0.39, 0.29) is 19.4 Å². The van der Waals surface area contributed by atoms with Crippen molar-refractivity contribution in [2.45, 2.75) is 327 Å². The van der Waals surface area contributed by atoms with Crippen LogP contribution in [0.25, 0.3) is 0 Å². The third-order valence-corrected chi connectivity index (χ3v) is 14.7. The van der Waals surface area contributed by atoms with Gasteiger partial charge in [0.25, 0.3) is 10.1 Å². The van der Waals surface area contributed by atoms with Gasteiger partial charge < -0.3 is 34.3 Å². The van der Waals surface area contributed by atoms with Gasteiger partial charge in [0.2, 0.25) is 0 Å². The Bertz CT molecular complexity index is 1270. The normalized spacial score (nSPS) is 19.0. The number of carbonyl (C=O) groups is 2. The minimum absolute atomic E-state index is 0.173. The van der Waals surface area contributed by atoms with Crippen molar-refractivity contribution in [1.29, 1.82) is 0 Å². The second kappa shape index (κ2) is 46.4. The fraction of sp³-hybridized carbons (Fsp3) is 0.964. The van der Waals surface area contributed by atoms with Crippen LogP contribution in [0.2, 0.25) is 0 Å². The van der Waals surface area contributed by atoms with Crippen molar-refractivity contribution in [3.8, 4) is 0 Å². The van der Waals surface area contributed by atoms with E-state index in [1.165, 1.54) is 212 Å². The van der Waals surface area contributed by atoms with Crippen LogP contribution in [0.1, 0.15) is 290 Å². The van der Waals surface area contributed by atoms with Crippen LogP contribution in [-0.2, 0) is 38.7 Å².